The highest BCUT2D eigenvalue weighted by atomic mass is 35.5. The number of carbonyl (C=O) groups is 1. The number of benzene rings is 1. The lowest BCUT2D eigenvalue weighted by atomic mass is 10.2. The number of halogens is 1. The van der Waals surface area contributed by atoms with Gasteiger partial charge in [0.15, 0.2) is 11.5 Å². The zero-order valence-corrected chi connectivity index (χ0v) is 11.2. The molecule has 3 rings (SSSR count). The third-order valence-corrected chi connectivity index (χ3v) is 3.21. The van der Waals surface area contributed by atoms with Crippen molar-refractivity contribution < 1.29 is 14.3 Å². The van der Waals surface area contributed by atoms with E-state index in [1.165, 1.54) is 0 Å². The van der Waals surface area contributed by atoms with Crippen molar-refractivity contribution in [2.75, 3.05) is 19.7 Å². The Morgan fingerprint density at radius 2 is 2.11 bits per heavy atom. The molecular weight excluding hydrogens is 268 g/mol. The van der Waals surface area contributed by atoms with E-state index >= 15 is 0 Å². The Hall–Kier alpha value is -1.46. The number of para-hydroxylation sites is 2. The third-order valence-electron chi connectivity index (χ3n) is 3.21. The van der Waals surface area contributed by atoms with Crippen LogP contribution in [-0.4, -0.2) is 37.7 Å². The molecule has 1 aromatic rings. The van der Waals surface area contributed by atoms with Gasteiger partial charge < -0.3 is 20.1 Å². The monoisotopic (exact) mass is 284 g/mol. The standard InChI is InChI=1S/C13H16N2O3.ClH/c16-13(15-9-5-6-14-7-9)12-8-17-10-3-1-2-4-11(10)18-12;/h1-4,9,12,14H,5-8H2,(H,15,16);1H. The first kappa shape index (κ1) is 14.0. The first-order chi connectivity index (χ1) is 8.83. The zero-order chi connectivity index (χ0) is 12.4. The molecule has 0 aromatic heterocycles. The molecule has 1 saturated heterocycles. The van der Waals surface area contributed by atoms with Crippen molar-refractivity contribution in [2.24, 2.45) is 0 Å². The van der Waals surface area contributed by atoms with E-state index in [4.69, 9.17) is 9.47 Å². The van der Waals surface area contributed by atoms with Crippen LogP contribution in [0, 0.1) is 0 Å². The lowest BCUT2D eigenvalue weighted by Crippen LogP contribution is -2.48. The largest absolute Gasteiger partial charge is 0.485 e. The van der Waals surface area contributed by atoms with E-state index in [-0.39, 0.29) is 31.0 Å². The van der Waals surface area contributed by atoms with Crippen LogP contribution in [-0.2, 0) is 4.79 Å². The van der Waals surface area contributed by atoms with Gasteiger partial charge in [-0.1, -0.05) is 12.1 Å². The van der Waals surface area contributed by atoms with Crippen LogP contribution in [0.4, 0.5) is 0 Å². The van der Waals surface area contributed by atoms with E-state index in [0.717, 1.165) is 19.5 Å². The van der Waals surface area contributed by atoms with E-state index in [1.54, 1.807) is 0 Å². The summed E-state index contributed by atoms with van der Waals surface area (Å²) >= 11 is 0. The molecule has 6 heteroatoms. The van der Waals surface area contributed by atoms with Crippen molar-refractivity contribution in [3.63, 3.8) is 0 Å². The van der Waals surface area contributed by atoms with E-state index in [2.05, 4.69) is 10.6 Å². The van der Waals surface area contributed by atoms with Crippen molar-refractivity contribution in [2.45, 2.75) is 18.6 Å². The molecule has 2 heterocycles. The Balaban J connectivity index is 0.00000133. The van der Waals surface area contributed by atoms with Gasteiger partial charge in [0.05, 0.1) is 0 Å². The van der Waals surface area contributed by atoms with Crippen LogP contribution >= 0.6 is 12.4 Å². The van der Waals surface area contributed by atoms with Gasteiger partial charge in [0.25, 0.3) is 5.91 Å². The number of fused-ring (bicyclic) bond motifs is 1. The zero-order valence-electron chi connectivity index (χ0n) is 10.4. The molecule has 1 aromatic carbocycles. The normalized spacial score (nSPS) is 24.4. The minimum absolute atomic E-state index is 0. The lowest BCUT2D eigenvalue weighted by molar-refractivity contribution is -0.130. The van der Waals surface area contributed by atoms with Gasteiger partial charge in [-0.05, 0) is 25.1 Å². The van der Waals surface area contributed by atoms with Crippen LogP contribution in [0.1, 0.15) is 6.42 Å². The summed E-state index contributed by atoms with van der Waals surface area (Å²) in [6, 6.07) is 7.60. The summed E-state index contributed by atoms with van der Waals surface area (Å²) in [5, 5.41) is 6.18. The van der Waals surface area contributed by atoms with Gasteiger partial charge in [0.1, 0.15) is 6.61 Å². The molecule has 1 amide bonds. The molecular formula is C13H17ClN2O3. The van der Waals surface area contributed by atoms with Crippen LogP contribution in [0.25, 0.3) is 0 Å². The fourth-order valence-corrected chi connectivity index (χ4v) is 2.22. The first-order valence-electron chi connectivity index (χ1n) is 6.22. The van der Waals surface area contributed by atoms with Crippen LogP contribution in [0.15, 0.2) is 24.3 Å². The maximum atomic E-state index is 12.0. The molecule has 2 unspecified atom stereocenters. The molecule has 2 atom stereocenters. The van der Waals surface area contributed by atoms with Crippen molar-refractivity contribution in [1.29, 1.82) is 0 Å². The second-order valence-electron chi connectivity index (χ2n) is 4.56. The van der Waals surface area contributed by atoms with Crippen molar-refractivity contribution >= 4 is 18.3 Å². The van der Waals surface area contributed by atoms with Gasteiger partial charge in [-0.3, -0.25) is 4.79 Å². The lowest BCUT2D eigenvalue weighted by Gasteiger charge is -2.26. The van der Waals surface area contributed by atoms with Crippen LogP contribution in [0.5, 0.6) is 11.5 Å². The molecule has 1 fully saturated rings. The molecule has 19 heavy (non-hydrogen) atoms. The molecule has 0 radical (unpaired) electrons. The number of nitrogens with one attached hydrogen (secondary N) is 2. The van der Waals surface area contributed by atoms with Gasteiger partial charge in [0, 0.05) is 12.6 Å². The summed E-state index contributed by atoms with van der Waals surface area (Å²) in [6.45, 7) is 2.05. The summed E-state index contributed by atoms with van der Waals surface area (Å²) < 4.78 is 11.2. The highest BCUT2D eigenvalue weighted by Gasteiger charge is 2.29. The Bertz CT molecular complexity index is 449. The maximum Gasteiger partial charge on any atom is 0.264 e. The van der Waals surface area contributed by atoms with Crippen LogP contribution in [0.2, 0.25) is 0 Å². The molecule has 0 saturated carbocycles. The predicted molar refractivity (Wildman–Crippen MR) is 73.0 cm³/mol. The number of hydrogen-bond donors (Lipinski definition) is 2. The number of carbonyl (C=O) groups excluding carboxylic acids is 1. The Kier molecular flexibility index (Phi) is 4.50. The van der Waals surface area contributed by atoms with Gasteiger partial charge in [-0.2, -0.15) is 0 Å². The SMILES string of the molecule is Cl.O=C(NC1CCNC1)C1COc2ccccc2O1. The van der Waals surface area contributed by atoms with Crippen molar-refractivity contribution in [3.8, 4) is 11.5 Å². The molecule has 0 bridgehead atoms. The highest BCUT2D eigenvalue weighted by molar-refractivity contribution is 5.85. The summed E-state index contributed by atoms with van der Waals surface area (Å²) in [7, 11) is 0. The van der Waals surface area contributed by atoms with Crippen LogP contribution < -0.4 is 20.1 Å². The number of ether oxygens (including phenoxy) is 2. The molecule has 2 N–H and O–H groups in total. The van der Waals surface area contributed by atoms with Crippen molar-refractivity contribution in [3.05, 3.63) is 24.3 Å². The molecule has 2 aliphatic heterocycles. The Morgan fingerprint density at radius 1 is 1.32 bits per heavy atom. The fraction of sp³-hybridized carbons (Fsp3) is 0.462. The number of amides is 1. The van der Waals surface area contributed by atoms with E-state index < -0.39 is 6.10 Å². The van der Waals surface area contributed by atoms with Gasteiger partial charge in [0.2, 0.25) is 6.10 Å². The van der Waals surface area contributed by atoms with Gasteiger partial charge >= 0.3 is 0 Å². The number of rotatable bonds is 2. The Morgan fingerprint density at radius 3 is 2.84 bits per heavy atom. The smallest absolute Gasteiger partial charge is 0.264 e. The van der Waals surface area contributed by atoms with Crippen molar-refractivity contribution in [1.82, 2.24) is 10.6 Å². The summed E-state index contributed by atoms with van der Waals surface area (Å²) in [4.78, 5) is 12.0. The van der Waals surface area contributed by atoms with Gasteiger partial charge in [-0.15, -0.1) is 12.4 Å². The molecule has 0 aliphatic carbocycles. The topological polar surface area (TPSA) is 59.6 Å². The second-order valence-corrected chi connectivity index (χ2v) is 4.56. The predicted octanol–water partition coefficient (Wildman–Crippen LogP) is 0.726. The summed E-state index contributed by atoms with van der Waals surface area (Å²) in [5.74, 6) is 1.23. The summed E-state index contributed by atoms with van der Waals surface area (Å²) in [5.41, 5.74) is 0. The molecule has 0 spiro atoms. The third kappa shape index (κ3) is 3.11. The molecule has 2 aliphatic rings. The Labute approximate surface area is 118 Å². The minimum Gasteiger partial charge on any atom is -0.485 e. The maximum absolute atomic E-state index is 12.0. The first-order valence-corrected chi connectivity index (χ1v) is 6.22. The average molecular weight is 285 g/mol. The van der Waals surface area contributed by atoms with E-state index in [1.807, 2.05) is 24.3 Å². The fourth-order valence-electron chi connectivity index (χ4n) is 2.22. The van der Waals surface area contributed by atoms with Gasteiger partial charge in [-0.25, -0.2) is 0 Å². The van der Waals surface area contributed by atoms with E-state index in [9.17, 15) is 4.79 Å². The second kappa shape index (κ2) is 6.12. The summed E-state index contributed by atoms with van der Waals surface area (Å²) in [6.07, 6.45) is 0.413. The molecule has 104 valence electrons. The molecule has 5 nitrogen and oxygen atoms in total. The quantitative estimate of drug-likeness (QED) is 0.840. The number of hydrogen-bond acceptors (Lipinski definition) is 4. The van der Waals surface area contributed by atoms with E-state index in [0.29, 0.717) is 11.5 Å². The van der Waals surface area contributed by atoms with Crippen LogP contribution in [0.3, 0.4) is 0 Å². The highest BCUT2D eigenvalue weighted by Crippen LogP contribution is 2.30. The minimum atomic E-state index is -0.555. The average Bonchev–Trinajstić information content (AvgIpc) is 2.91.